The zero-order valence-electron chi connectivity index (χ0n) is 25.9. The molecule has 216 valence electrons. The molecule has 0 aliphatic rings. The molecule has 0 amide bonds. The Morgan fingerprint density at radius 2 is 1.35 bits per heavy atom. The lowest BCUT2D eigenvalue weighted by atomic mass is 10.0. The summed E-state index contributed by atoms with van der Waals surface area (Å²) in [5.41, 5.74) is 1.33. The van der Waals surface area contributed by atoms with E-state index in [1.54, 1.807) is 7.11 Å². The van der Waals surface area contributed by atoms with E-state index in [2.05, 4.69) is 103 Å². The van der Waals surface area contributed by atoms with Gasteiger partial charge in [-0.25, -0.2) is 0 Å². The molecule has 0 aliphatic heterocycles. The van der Waals surface area contributed by atoms with Gasteiger partial charge in [-0.3, -0.25) is 0 Å². The van der Waals surface area contributed by atoms with E-state index in [1.165, 1.54) is 5.56 Å². The highest BCUT2D eigenvalue weighted by molar-refractivity contribution is 6.91. The second-order valence-electron chi connectivity index (χ2n) is 12.5. The third kappa shape index (κ3) is 14.9. The fourth-order valence-electron chi connectivity index (χ4n) is 4.81. The van der Waals surface area contributed by atoms with Crippen LogP contribution in [-0.2, 0) is 25.9 Å². The first-order valence-electron chi connectivity index (χ1n) is 13.9. The summed E-state index contributed by atoms with van der Waals surface area (Å²) in [7, 11) is -9.63. The van der Waals surface area contributed by atoms with Gasteiger partial charge in [0.15, 0.2) is 16.6 Å². The molecule has 0 spiro atoms. The highest BCUT2D eigenvalue weighted by Gasteiger charge is 2.49. The lowest BCUT2D eigenvalue weighted by Gasteiger charge is -2.45. The SMILES string of the molecule is CC[Si](C)(C)O[Si](C)(C)O[Si](C)(CCCOCCOC)O[Si](C)(CC(C)c1ccccc1)O[Si](C)(C)C. The summed E-state index contributed by atoms with van der Waals surface area (Å²) in [6, 6.07) is 13.5. The van der Waals surface area contributed by atoms with E-state index in [0.717, 1.165) is 24.6 Å². The van der Waals surface area contributed by atoms with Crippen molar-refractivity contribution in [3.05, 3.63) is 35.9 Å². The van der Waals surface area contributed by atoms with Crippen LogP contribution in [0.15, 0.2) is 30.3 Å². The molecule has 0 aromatic heterocycles. The van der Waals surface area contributed by atoms with Crippen molar-refractivity contribution < 1.29 is 25.9 Å². The molecule has 0 fully saturated rings. The van der Waals surface area contributed by atoms with Gasteiger partial charge in [0.1, 0.15) is 0 Å². The van der Waals surface area contributed by atoms with Crippen LogP contribution < -0.4 is 0 Å². The van der Waals surface area contributed by atoms with E-state index in [1.807, 2.05) is 0 Å². The fraction of sp³-hybridized carbons (Fsp3) is 0.769. The van der Waals surface area contributed by atoms with Crippen LogP contribution in [0.3, 0.4) is 0 Å². The summed E-state index contributed by atoms with van der Waals surface area (Å²) in [4.78, 5) is 0. The number of hydrogen-bond donors (Lipinski definition) is 0. The molecule has 0 saturated carbocycles. The fourth-order valence-corrected chi connectivity index (χ4v) is 28.9. The van der Waals surface area contributed by atoms with Gasteiger partial charge in [-0.15, -0.1) is 0 Å². The van der Waals surface area contributed by atoms with Crippen molar-refractivity contribution in [1.82, 2.24) is 0 Å². The lowest BCUT2D eigenvalue weighted by Crippen LogP contribution is -2.60. The summed E-state index contributed by atoms with van der Waals surface area (Å²) in [5, 5.41) is 0. The van der Waals surface area contributed by atoms with Crippen LogP contribution in [0.25, 0.3) is 0 Å². The van der Waals surface area contributed by atoms with Crippen LogP contribution in [0.1, 0.15) is 31.7 Å². The van der Waals surface area contributed by atoms with Crippen molar-refractivity contribution in [1.29, 1.82) is 0 Å². The van der Waals surface area contributed by atoms with Crippen molar-refractivity contribution in [2.45, 2.75) is 103 Å². The Kier molecular flexibility index (Phi) is 14.4. The van der Waals surface area contributed by atoms with Crippen LogP contribution in [-0.4, -0.2) is 69.2 Å². The molecule has 3 atom stereocenters. The van der Waals surface area contributed by atoms with Crippen LogP contribution in [0, 0.1) is 0 Å². The van der Waals surface area contributed by atoms with Gasteiger partial charge in [0.25, 0.3) is 0 Å². The quantitative estimate of drug-likeness (QED) is 0.119. The third-order valence-corrected chi connectivity index (χ3v) is 26.0. The molecule has 6 nitrogen and oxygen atoms in total. The first-order chi connectivity index (χ1) is 16.9. The normalized spacial score (nSPS) is 17.3. The van der Waals surface area contributed by atoms with Crippen molar-refractivity contribution in [3.8, 4) is 0 Å². The first kappa shape index (κ1) is 35.1. The minimum atomic E-state index is -2.66. The molecule has 1 aromatic rings. The molecule has 0 bridgehead atoms. The zero-order chi connectivity index (χ0) is 28.4. The Labute approximate surface area is 233 Å². The molecule has 1 aromatic carbocycles. The average molecular weight is 605 g/mol. The summed E-state index contributed by atoms with van der Waals surface area (Å²) in [5.74, 6) is 0.345. The van der Waals surface area contributed by atoms with Gasteiger partial charge < -0.3 is 25.9 Å². The van der Waals surface area contributed by atoms with E-state index in [0.29, 0.717) is 25.7 Å². The van der Waals surface area contributed by atoms with Crippen LogP contribution in [0.5, 0.6) is 0 Å². The van der Waals surface area contributed by atoms with E-state index in [-0.39, 0.29) is 0 Å². The number of hydrogen-bond acceptors (Lipinski definition) is 6. The molecule has 0 saturated heterocycles. The molecule has 0 N–H and O–H groups in total. The highest BCUT2D eigenvalue weighted by Crippen LogP contribution is 2.35. The average Bonchev–Trinajstić information content (AvgIpc) is 2.73. The van der Waals surface area contributed by atoms with Crippen molar-refractivity contribution in [3.63, 3.8) is 0 Å². The van der Waals surface area contributed by atoms with Crippen molar-refractivity contribution in [2.75, 3.05) is 26.9 Å². The largest absolute Gasteiger partial charge is 0.437 e. The molecule has 37 heavy (non-hydrogen) atoms. The Morgan fingerprint density at radius 3 is 1.89 bits per heavy atom. The number of methoxy groups -OCH3 is 1. The van der Waals surface area contributed by atoms with Crippen molar-refractivity contribution in [2.24, 2.45) is 0 Å². The minimum Gasteiger partial charge on any atom is -0.437 e. The maximum atomic E-state index is 7.26. The zero-order valence-corrected chi connectivity index (χ0v) is 30.9. The highest BCUT2D eigenvalue weighted by atomic mass is 28.5. The lowest BCUT2D eigenvalue weighted by molar-refractivity contribution is 0.0702. The van der Waals surface area contributed by atoms with E-state index >= 15 is 0 Å². The Balaban J connectivity index is 3.22. The molecule has 0 heterocycles. The van der Waals surface area contributed by atoms with Gasteiger partial charge in [0.05, 0.1) is 13.2 Å². The number of rotatable bonds is 19. The molecule has 11 heteroatoms. The Morgan fingerprint density at radius 1 is 0.730 bits per heavy atom. The molecule has 1 rings (SSSR count). The smallest absolute Gasteiger partial charge is 0.317 e. The van der Waals surface area contributed by atoms with E-state index in [4.69, 9.17) is 25.9 Å². The van der Waals surface area contributed by atoms with Gasteiger partial charge in [-0.1, -0.05) is 44.2 Å². The van der Waals surface area contributed by atoms with Gasteiger partial charge in [-0.2, -0.15) is 0 Å². The molecule has 0 aliphatic carbocycles. The third-order valence-electron chi connectivity index (χ3n) is 6.19. The molecular formula is C26H56O6Si5. The summed E-state index contributed by atoms with van der Waals surface area (Å²) in [6.45, 7) is 26.6. The maximum Gasteiger partial charge on any atom is 0.317 e. The predicted molar refractivity (Wildman–Crippen MR) is 168 cm³/mol. The monoisotopic (exact) mass is 604 g/mol. The standard InChI is InChI=1S/C26H56O6Si5/c1-13-34(7,8)30-35(9,10)31-36(11,23-17-20-28-22-21-27-3)32-37(12,29-33(4,5)6)24-25(2)26-18-15-14-16-19-26/h14-16,18-19,25H,13,17,20-24H2,1-12H3. The van der Waals surface area contributed by atoms with Crippen LogP contribution in [0.4, 0.5) is 0 Å². The van der Waals surface area contributed by atoms with Gasteiger partial charge >= 0.3 is 25.7 Å². The van der Waals surface area contributed by atoms with E-state index < -0.39 is 42.3 Å². The van der Waals surface area contributed by atoms with Gasteiger partial charge in [-0.05, 0) is 95.0 Å². The van der Waals surface area contributed by atoms with Gasteiger partial charge in [0, 0.05) is 13.7 Å². The molecule has 0 radical (unpaired) electrons. The first-order valence-corrected chi connectivity index (χ1v) is 28.2. The topological polar surface area (TPSA) is 55.4 Å². The second-order valence-corrected chi connectivity index (χ2v) is 32.5. The summed E-state index contributed by atoms with van der Waals surface area (Å²) in [6.07, 6.45) is 0.886. The maximum absolute atomic E-state index is 7.26. The summed E-state index contributed by atoms with van der Waals surface area (Å²) < 4.78 is 38.9. The number of benzene rings is 1. The van der Waals surface area contributed by atoms with Crippen LogP contribution in [0.2, 0.25) is 77.1 Å². The van der Waals surface area contributed by atoms with Gasteiger partial charge in [0.2, 0.25) is 0 Å². The Hall–Kier alpha value is 0.0644. The summed E-state index contributed by atoms with van der Waals surface area (Å²) >= 11 is 0. The predicted octanol–water partition coefficient (Wildman–Crippen LogP) is 7.82. The van der Waals surface area contributed by atoms with Crippen LogP contribution >= 0.6 is 0 Å². The molecular weight excluding hydrogens is 549 g/mol. The molecule has 3 unspecified atom stereocenters. The minimum absolute atomic E-state index is 0.345. The Bertz CT molecular complexity index is 776. The second kappa shape index (κ2) is 15.2. The van der Waals surface area contributed by atoms with Crippen molar-refractivity contribution >= 4 is 42.3 Å². The van der Waals surface area contributed by atoms with E-state index in [9.17, 15) is 0 Å². The number of ether oxygens (including phenoxy) is 2.